The third kappa shape index (κ3) is 3.67. The lowest BCUT2D eigenvalue weighted by atomic mass is 10.0. The van der Waals surface area contributed by atoms with Gasteiger partial charge in [-0.05, 0) is 83.6 Å². The van der Waals surface area contributed by atoms with Crippen molar-refractivity contribution in [3.8, 4) is 17.1 Å². The fraction of sp³-hybridized carbons (Fsp3) is 0. The minimum atomic E-state index is 1.15. The molecule has 0 bridgehead atoms. The van der Waals surface area contributed by atoms with Gasteiger partial charge in [-0.3, -0.25) is 0 Å². The summed E-state index contributed by atoms with van der Waals surface area (Å²) < 4.78 is 7.27. The maximum atomic E-state index is 2.45. The van der Waals surface area contributed by atoms with Gasteiger partial charge in [-0.2, -0.15) is 0 Å². The van der Waals surface area contributed by atoms with Crippen LogP contribution < -0.4 is 0 Å². The molecule has 0 amide bonds. The Morgan fingerprint density at radius 3 is 1.39 bits per heavy atom. The highest BCUT2D eigenvalue weighted by Gasteiger charge is 2.19. The minimum absolute atomic E-state index is 1.15. The third-order valence-electron chi connectivity index (χ3n) is 10.4. The number of para-hydroxylation sites is 5. The predicted octanol–water partition coefficient (Wildman–Crippen LogP) is 12.1. The van der Waals surface area contributed by atoms with Crippen LogP contribution >= 0.6 is 0 Å². The van der Waals surface area contributed by atoms with Crippen molar-refractivity contribution < 1.29 is 0 Å². The summed E-state index contributed by atoms with van der Waals surface area (Å²) in [5, 5.41) is 10.1. The van der Waals surface area contributed by atoms with Crippen LogP contribution in [0.2, 0.25) is 0 Å². The minimum Gasteiger partial charge on any atom is -0.309 e. The number of hydrogen-bond acceptors (Lipinski definition) is 0. The summed E-state index contributed by atoms with van der Waals surface area (Å²) in [5.41, 5.74) is 10.8. The Balaban J connectivity index is 1.24. The van der Waals surface area contributed by atoms with Crippen LogP contribution in [0, 0.1) is 0 Å². The molecule has 8 aromatic carbocycles. The van der Waals surface area contributed by atoms with E-state index in [0.717, 1.165) is 11.4 Å². The topological polar surface area (TPSA) is 14.8 Å². The van der Waals surface area contributed by atoms with Crippen molar-refractivity contribution in [2.75, 3.05) is 0 Å². The van der Waals surface area contributed by atoms with E-state index in [1.807, 2.05) is 0 Å². The van der Waals surface area contributed by atoms with E-state index >= 15 is 0 Å². The van der Waals surface area contributed by atoms with E-state index in [0.29, 0.717) is 0 Å². The standard InChI is InChI=1S/C46H29N3/c1-3-13-31(14-4-1)47-40-20-10-7-17-34(40)36-25-24-33(28-44(36)47)49-42-22-12-9-19-37(42)46-38-29-45-39(27-30(38)23-26-43(46)49)35-18-8-11-21-41(35)48(45)32-15-5-2-6-16-32/h1-29H. The van der Waals surface area contributed by atoms with Crippen LogP contribution in [0.25, 0.3) is 93.3 Å². The van der Waals surface area contributed by atoms with Crippen LogP contribution in [0.15, 0.2) is 176 Å². The molecule has 0 saturated heterocycles. The van der Waals surface area contributed by atoms with Crippen molar-refractivity contribution >= 4 is 76.2 Å². The highest BCUT2D eigenvalue weighted by Crippen LogP contribution is 2.42. The average Bonchev–Trinajstić information content (AvgIpc) is 3.80. The summed E-state index contributed by atoms with van der Waals surface area (Å²) in [4.78, 5) is 0. The Labute approximate surface area is 282 Å². The highest BCUT2D eigenvalue weighted by atomic mass is 15.0. The molecule has 3 aromatic heterocycles. The van der Waals surface area contributed by atoms with Gasteiger partial charge in [0.25, 0.3) is 0 Å². The lowest BCUT2D eigenvalue weighted by Gasteiger charge is -2.12. The Bertz CT molecular complexity index is 3090. The molecule has 3 nitrogen and oxygen atoms in total. The fourth-order valence-electron chi connectivity index (χ4n) is 8.34. The summed E-state index contributed by atoms with van der Waals surface area (Å²) in [6.07, 6.45) is 0. The molecule has 3 heterocycles. The quantitative estimate of drug-likeness (QED) is 0.186. The van der Waals surface area contributed by atoms with E-state index in [-0.39, 0.29) is 0 Å². The van der Waals surface area contributed by atoms with Crippen LogP contribution in [0.4, 0.5) is 0 Å². The predicted molar refractivity (Wildman–Crippen MR) is 207 cm³/mol. The maximum Gasteiger partial charge on any atom is 0.0561 e. The van der Waals surface area contributed by atoms with E-state index in [2.05, 4.69) is 190 Å². The Morgan fingerprint density at radius 1 is 0.245 bits per heavy atom. The van der Waals surface area contributed by atoms with Gasteiger partial charge in [0.15, 0.2) is 0 Å². The number of nitrogens with zero attached hydrogens (tertiary/aromatic N) is 3. The van der Waals surface area contributed by atoms with Gasteiger partial charge < -0.3 is 13.7 Å². The van der Waals surface area contributed by atoms with Crippen molar-refractivity contribution in [2.45, 2.75) is 0 Å². The largest absolute Gasteiger partial charge is 0.309 e. The van der Waals surface area contributed by atoms with E-state index < -0.39 is 0 Å². The number of aromatic nitrogens is 3. The van der Waals surface area contributed by atoms with Gasteiger partial charge in [-0.25, -0.2) is 0 Å². The summed E-state index contributed by atoms with van der Waals surface area (Å²) >= 11 is 0. The first-order chi connectivity index (χ1) is 24.3. The number of fused-ring (bicyclic) bond motifs is 11. The normalized spacial score (nSPS) is 12.1. The summed E-state index contributed by atoms with van der Waals surface area (Å²) in [6.45, 7) is 0. The van der Waals surface area contributed by atoms with Crippen LogP contribution in [0.5, 0.6) is 0 Å². The zero-order valence-electron chi connectivity index (χ0n) is 26.6. The molecule has 11 aromatic rings. The summed E-state index contributed by atoms with van der Waals surface area (Å²) in [6, 6.07) is 64.2. The van der Waals surface area contributed by atoms with Gasteiger partial charge in [0.05, 0.1) is 33.1 Å². The molecular weight excluding hydrogens is 595 g/mol. The van der Waals surface area contributed by atoms with Crippen molar-refractivity contribution in [3.63, 3.8) is 0 Å². The molecule has 11 rings (SSSR count). The van der Waals surface area contributed by atoms with Crippen LogP contribution in [-0.2, 0) is 0 Å². The Kier molecular flexibility index (Phi) is 5.38. The van der Waals surface area contributed by atoms with Crippen molar-refractivity contribution in [2.24, 2.45) is 0 Å². The second-order valence-corrected chi connectivity index (χ2v) is 13.0. The molecule has 0 unspecified atom stereocenters. The first-order valence-corrected chi connectivity index (χ1v) is 16.9. The van der Waals surface area contributed by atoms with Crippen molar-refractivity contribution in [3.05, 3.63) is 176 Å². The molecule has 3 heteroatoms. The van der Waals surface area contributed by atoms with Crippen molar-refractivity contribution in [1.82, 2.24) is 13.7 Å². The molecule has 0 fully saturated rings. The second-order valence-electron chi connectivity index (χ2n) is 13.0. The van der Waals surface area contributed by atoms with E-state index in [1.54, 1.807) is 0 Å². The van der Waals surface area contributed by atoms with Gasteiger partial charge in [0.1, 0.15) is 0 Å². The van der Waals surface area contributed by atoms with Gasteiger partial charge in [-0.1, -0.05) is 103 Å². The SMILES string of the molecule is c1ccc(-n2c3ccccc3c3ccc(-n4c5ccccc5c5c6cc7c(cc6ccc54)c4ccccc4n7-c4ccccc4)cc32)cc1. The summed E-state index contributed by atoms with van der Waals surface area (Å²) in [5.74, 6) is 0. The van der Waals surface area contributed by atoms with E-state index in [9.17, 15) is 0 Å². The highest BCUT2D eigenvalue weighted by molar-refractivity contribution is 6.25. The smallest absolute Gasteiger partial charge is 0.0561 e. The Morgan fingerprint density at radius 2 is 0.735 bits per heavy atom. The molecule has 0 saturated carbocycles. The van der Waals surface area contributed by atoms with E-state index in [1.165, 1.54) is 81.9 Å². The Hall–Kier alpha value is -6.58. The first kappa shape index (κ1) is 26.5. The molecule has 0 aliphatic carbocycles. The monoisotopic (exact) mass is 623 g/mol. The number of benzene rings is 8. The van der Waals surface area contributed by atoms with Crippen LogP contribution in [0.3, 0.4) is 0 Å². The molecular formula is C46H29N3. The van der Waals surface area contributed by atoms with Gasteiger partial charge in [0, 0.05) is 49.4 Å². The van der Waals surface area contributed by atoms with Gasteiger partial charge in [-0.15, -0.1) is 0 Å². The van der Waals surface area contributed by atoms with Crippen molar-refractivity contribution in [1.29, 1.82) is 0 Å². The molecule has 0 spiro atoms. The molecule has 0 aliphatic rings. The average molecular weight is 624 g/mol. The third-order valence-corrected chi connectivity index (χ3v) is 10.4. The van der Waals surface area contributed by atoms with Crippen LogP contribution in [0.1, 0.15) is 0 Å². The molecule has 228 valence electrons. The molecule has 0 aliphatic heterocycles. The zero-order valence-corrected chi connectivity index (χ0v) is 26.6. The van der Waals surface area contributed by atoms with Gasteiger partial charge in [0.2, 0.25) is 0 Å². The molecule has 49 heavy (non-hydrogen) atoms. The second kappa shape index (κ2) is 9.96. The number of hydrogen-bond donors (Lipinski definition) is 0. The lowest BCUT2D eigenvalue weighted by Crippen LogP contribution is -1.96. The zero-order chi connectivity index (χ0) is 32.1. The van der Waals surface area contributed by atoms with Crippen LogP contribution in [-0.4, -0.2) is 13.7 Å². The first-order valence-electron chi connectivity index (χ1n) is 16.9. The van der Waals surface area contributed by atoms with Gasteiger partial charge >= 0.3 is 0 Å². The maximum absolute atomic E-state index is 2.45. The fourth-order valence-corrected chi connectivity index (χ4v) is 8.34. The number of rotatable bonds is 3. The lowest BCUT2D eigenvalue weighted by molar-refractivity contribution is 1.15. The summed E-state index contributed by atoms with van der Waals surface area (Å²) in [7, 11) is 0. The van der Waals surface area contributed by atoms with E-state index in [4.69, 9.17) is 0 Å². The molecule has 0 N–H and O–H groups in total. The molecule has 0 radical (unpaired) electrons. The molecule has 0 atom stereocenters.